The van der Waals surface area contributed by atoms with Gasteiger partial charge >= 0.3 is 6.18 Å². The van der Waals surface area contributed by atoms with Gasteiger partial charge in [0, 0.05) is 17.8 Å². The number of hydrogen-bond acceptors (Lipinski definition) is 3. The molecule has 1 aliphatic carbocycles. The Morgan fingerprint density at radius 1 is 1.22 bits per heavy atom. The summed E-state index contributed by atoms with van der Waals surface area (Å²) in [6, 6.07) is 7.16. The lowest BCUT2D eigenvalue weighted by atomic mass is 9.95. The van der Waals surface area contributed by atoms with E-state index in [4.69, 9.17) is 4.74 Å². The number of aromatic nitrogens is 2. The summed E-state index contributed by atoms with van der Waals surface area (Å²) in [6.07, 6.45) is -1.62. The predicted octanol–water partition coefficient (Wildman–Crippen LogP) is 3.15. The molecule has 1 heterocycles. The van der Waals surface area contributed by atoms with Gasteiger partial charge in [0.15, 0.2) is 5.69 Å². The van der Waals surface area contributed by atoms with Gasteiger partial charge < -0.3 is 10.1 Å². The maximum atomic E-state index is 13.2. The Balaban J connectivity index is 1.58. The van der Waals surface area contributed by atoms with Gasteiger partial charge in [-0.25, -0.2) is 0 Å². The Bertz CT molecular complexity index is 798. The molecule has 1 aliphatic rings. The second kappa shape index (κ2) is 8.02. The first-order valence-electron chi connectivity index (χ1n) is 8.94. The zero-order valence-electron chi connectivity index (χ0n) is 15.1. The van der Waals surface area contributed by atoms with Gasteiger partial charge in [0.05, 0.1) is 20.1 Å². The van der Waals surface area contributed by atoms with Crippen LogP contribution in [0.4, 0.5) is 13.2 Å². The highest BCUT2D eigenvalue weighted by Gasteiger charge is 2.39. The minimum Gasteiger partial charge on any atom is -0.497 e. The van der Waals surface area contributed by atoms with Gasteiger partial charge in [-0.2, -0.15) is 18.3 Å². The third-order valence-electron chi connectivity index (χ3n) is 4.69. The van der Waals surface area contributed by atoms with Crippen molar-refractivity contribution in [3.05, 3.63) is 46.8 Å². The SMILES string of the molecule is COc1ccc(CC(=O)NCCn2nc(C(F)(F)F)c3c2CCCC3)cc1. The molecule has 0 atom stereocenters. The molecule has 0 bridgehead atoms. The largest absolute Gasteiger partial charge is 0.497 e. The molecule has 0 spiro atoms. The normalized spacial score (nSPS) is 13.9. The molecule has 0 saturated heterocycles. The van der Waals surface area contributed by atoms with Crippen LogP contribution < -0.4 is 10.1 Å². The van der Waals surface area contributed by atoms with E-state index in [1.54, 1.807) is 31.4 Å². The van der Waals surface area contributed by atoms with Crippen molar-refractivity contribution in [2.75, 3.05) is 13.7 Å². The van der Waals surface area contributed by atoms with Crippen LogP contribution in [0.2, 0.25) is 0 Å². The van der Waals surface area contributed by atoms with Gasteiger partial charge in [0.1, 0.15) is 5.75 Å². The van der Waals surface area contributed by atoms with Crippen LogP contribution in [0.3, 0.4) is 0 Å². The average Bonchev–Trinajstić information content (AvgIpc) is 3.02. The maximum Gasteiger partial charge on any atom is 0.435 e. The number of carbonyl (C=O) groups is 1. The van der Waals surface area contributed by atoms with E-state index >= 15 is 0 Å². The molecule has 1 aromatic heterocycles. The smallest absolute Gasteiger partial charge is 0.435 e. The fourth-order valence-corrected chi connectivity index (χ4v) is 3.38. The lowest BCUT2D eigenvalue weighted by molar-refractivity contribution is -0.142. The quantitative estimate of drug-likeness (QED) is 0.836. The second-order valence-corrected chi connectivity index (χ2v) is 6.58. The molecule has 8 heteroatoms. The molecule has 146 valence electrons. The minimum atomic E-state index is -4.44. The summed E-state index contributed by atoms with van der Waals surface area (Å²) in [6.45, 7) is 0.465. The lowest BCUT2D eigenvalue weighted by Crippen LogP contribution is -2.29. The van der Waals surface area contributed by atoms with Gasteiger partial charge in [-0.15, -0.1) is 0 Å². The van der Waals surface area contributed by atoms with Crippen molar-refractivity contribution in [1.82, 2.24) is 15.1 Å². The fraction of sp³-hybridized carbons (Fsp3) is 0.474. The molecular formula is C19H22F3N3O2. The van der Waals surface area contributed by atoms with Crippen LogP contribution in [0.1, 0.15) is 35.4 Å². The van der Waals surface area contributed by atoms with Crippen LogP contribution in [-0.4, -0.2) is 29.3 Å². The van der Waals surface area contributed by atoms with Crippen LogP contribution in [-0.2, 0) is 36.8 Å². The summed E-state index contributed by atoms with van der Waals surface area (Å²) in [5, 5.41) is 6.54. The monoisotopic (exact) mass is 381 g/mol. The standard InChI is InChI=1S/C19H22F3N3O2/c1-27-14-8-6-13(7-9-14)12-17(26)23-10-11-25-16-5-3-2-4-15(16)18(24-25)19(20,21)22/h6-9H,2-5,10-12H2,1H3,(H,23,26). The zero-order chi connectivity index (χ0) is 19.4. The van der Waals surface area contributed by atoms with E-state index in [-0.39, 0.29) is 25.4 Å². The molecule has 0 unspecified atom stereocenters. The molecule has 27 heavy (non-hydrogen) atoms. The summed E-state index contributed by atoms with van der Waals surface area (Å²) in [4.78, 5) is 12.1. The summed E-state index contributed by atoms with van der Waals surface area (Å²) < 4.78 is 46.0. The van der Waals surface area contributed by atoms with E-state index in [1.807, 2.05) is 0 Å². The predicted molar refractivity (Wildman–Crippen MR) is 93.6 cm³/mol. The first-order valence-corrected chi connectivity index (χ1v) is 8.94. The molecule has 0 saturated carbocycles. The fourth-order valence-electron chi connectivity index (χ4n) is 3.38. The van der Waals surface area contributed by atoms with Crippen molar-refractivity contribution in [2.45, 2.75) is 44.8 Å². The topological polar surface area (TPSA) is 56.1 Å². The maximum absolute atomic E-state index is 13.2. The summed E-state index contributed by atoms with van der Waals surface area (Å²) in [7, 11) is 1.57. The van der Waals surface area contributed by atoms with Crippen LogP contribution >= 0.6 is 0 Å². The Morgan fingerprint density at radius 2 is 1.93 bits per heavy atom. The van der Waals surface area contributed by atoms with Crippen LogP contribution in [0.15, 0.2) is 24.3 Å². The molecule has 2 aromatic rings. The number of nitrogens with one attached hydrogen (secondary N) is 1. The van der Waals surface area contributed by atoms with Gasteiger partial charge in [-0.1, -0.05) is 12.1 Å². The Kier molecular flexibility index (Phi) is 5.72. The first-order chi connectivity index (χ1) is 12.9. The number of carbonyl (C=O) groups excluding carboxylic acids is 1. The van der Waals surface area contributed by atoms with Crippen molar-refractivity contribution in [1.29, 1.82) is 0 Å². The molecule has 5 nitrogen and oxygen atoms in total. The highest BCUT2D eigenvalue weighted by molar-refractivity contribution is 5.78. The first kappa shape index (κ1) is 19.3. The van der Waals surface area contributed by atoms with Crippen LogP contribution in [0.5, 0.6) is 5.75 Å². The molecule has 3 rings (SSSR count). The highest BCUT2D eigenvalue weighted by Crippen LogP contribution is 2.35. The molecule has 0 radical (unpaired) electrons. The summed E-state index contributed by atoms with van der Waals surface area (Å²) >= 11 is 0. The van der Waals surface area contributed by atoms with E-state index in [1.165, 1.54) is 4.68 Å². The highest BCUT2D eigenvalue weighted by atomic mass is 19.4. The van der Waals surface area contributed by atoms with E-state index in [2.05, 4.69) is 10.4 Å². The van der Waals surface area contributed by atoms with Gasteiger partial charge in [-0.3, -0.25) is 9.48 Å². The van der Waals surface area contributed by atoms with Crippen molar-refractivity contribution >= 4 is 5.91 Å². The molecule has 1 N–H and O–H groups in total. The van der Waals surface area contributed by atoms with Crippen molar-refractivity contribution < 1.29 is 22.7 Å². The van der Waals surface area contributed by atoms with Gasteiger partial charge in [0.25, 0.3) is 0 Å². The summed E-state index contributed by atoms with van der Waals surface area (Å²) in [5.74, 6) is 0.528. The molecular weight excluding hydrogens is 359 g/mol. The minimum absolute atomic E-state index is 0.183. The number of methoxy groups -OCH3 is 1. The van der Waals surface area contributed by atoms with Crippen LogP contribution in [0.25, 0.3) is 0 Å². The van der Waals surface area contributed by atoms with Crippen molar-refractivity contribution in [2.24, 2.45) is 0 Å². The number of hydrogen-bond donors (Lipinski definition) is 1. The zero-order valence-corrected chi connectivity index (χ0v) is 15.1. The lowest BCUT2D eigenvalue weighted by Gasteiger charge is -2.15. The number of alkyl halides is 3. The molecule has 1 aromatic carbocycles. The third kappa shape index (κ3) is 4.61. The Labute approximate surface area is 155 Å². The average molecular weight is 381 g/mol. The Hall–Kier alpha value is -2.51. The van der Waals surface area contributed by atoms with E-state index in [0.717, 1.165) is 18.4 Å². The molecule has 0 aliphatic heterocycles. The molecule has 0 fully saturated rings. The van der Waals surface area contributed by atoms with Crippen molar-refractivity contribution in [3.63, 3.8) is 0 Å². The van der Waals surface area contributed by atoms with Crippen LogP contribution in [0, 0.1) is 0 Å². The van der Waals surface area contributed by atoms with Crippen molar-refractivity contribution in [3.8, 4) is 5.75 Å². The number of fused-ring (bicyclic) bond motifs is 1. The number of rotatable bonds is 6. The summed E-state index contributed by atoms with van der Waals surface area (Å²) in [5.41, 5.74) is 1.03. The molecule has 1 amide bonds. The number of halogens is 3. The van der Waals surface area contributed by atoms with E-state index < -0.39 is 11.9 Å². The van der Waals surface area contributed by atoms with Gasteiger partial charge in [-0.05, 0) is 43.4 Å². The van der Waals surface area contributed by atoms with E-state index in [0.29, 0.717) is 29.8 Å². The van der Waals surface area contributed by atoms with E-state index in [9.17, 15) is 18.0 Å². The number of amides is 1. The Morgan fingerprint density at radius 3 is 2.59 bits per heavy atom. The third-order valence-corrected chi connectivity index (χ3v) is 4.69. The second-order valence-electron chi connectivity index (χ2n) is 6.58. The van der Waals surface area contributed by atoms with Gasteiger partial charge in [0.2, 0.25) is 5.91 Å². The number of nitrogens with zero attached hydrogens (tertiary/aromatic N) is 2. The number of ether oxygens (including phenoxy) is 1. The number of benzene rings is 1.